The Morgan fingerprint density at radius 2 is 1.67 bits per heavy atom. The highest BCUT2D eigenvalue weighted by atomic mass is 32.2. The van der Waals surface area contributed by atoms with Gasteiger partial charge in [0.2, 0.25) is 5.91 Å². The predicted octanol–water partition coefficient (Wildman–Crippen LogP) is 6.52. The van der Waals surface area contributed by atoms with Crippen molar-refractivity contribution in [2.75, 3.05) is 10.8 Å². The Morgan fingerprint density at radius 3 is 2.40 bits per heavy atom. The lowest BCUT2D eigenvalue weighted by Crippen LogP contribution is -2.37. The lowest BCUT2D eigenvalue weighted by molar-refractivity contribution is -0.137. The minimum absolute atomic E-state index is 0.150. The highest BCUT2D eigenvalue weighted by Gasteiger charge is 2.33. The van der Waals surface area contributed by atoms with E-state index in [4.69, 9.17) is 0 Å². The van der Waals surface area contributed by atoms with Crippen LogP contribution in [-0.2, 0) is 34.0 Å². The Balaban J connectivity index is 1.28. The molecule has 2 N–H and O–H groups in total. The van der Waals surface area contributed by atoms with Gasteiger partial charge in [-0.25, -0.2) is 8.42 Å². The van der Waals surface area contributed by atoms with Crippen molar-refractivity contribution in [3.8, 4) is 0 Å². The van der Waals surface area contributed by atoms with Crippen LogP contribution >= 0.6 is 0 Å². The van der Waals surface area contributed by atoms with Gasteiger partial charge in [-0.05, 0) is 79.1 Å². The first-order chi connectivity index (χ1) is 20.1. The van der Waals surface area contributed by atoms with Crippen molar-refractivity contribution >= 4 is 21.6 Å². The number of amides is 1. The fourth-order valence-electron chi connectivity index (χ4n) is 5.93. The number of sulfonamides is 1. The number of anilines is 1. The number of benzene rings is 3. The molecule has 6 nitrogen and oxygen atoms in total. The maximum absolute atomic E-state index is 13.6. The summed E-state index contributed by atoms with van der Waals surface area (Å²) < 4.78 is 68.1. The molecular weight excluding hydrogens is 563 g/mol. The molecule has 0 heterocycles. The average molecular weight is 600 g/mol. The van der Waals surface area contributed by atoms with Crippen molar-refractivity contribution in [2.45, 2.75) is 81.1 Å². The molecule has 0 unspecified atom stereocenters. The van der Waals surface area contributed by atoms with Crippen LogP contribution in [0.15, 0.2) is 77.7 Å². The Kier molecular flexibility index (Phi) is 9.22. The number of carbonyl (C=O) groups excluding carboxylic acids is 1. The SMILES string of the molecule is O=C(CCN(c1ccccc1)S(=O)(=O)c1cccc(C(F)(F)F)c1)N[C@@H]1CCCc2cc(CNC3CCCC3)ccc21. The number of carbonyl (C=O) groups is 1. The number of para-hydroxylation sites is 1. The van der Waals surface area contributed by atoms with Crippen LogP contribution in [0.4, 0.5) is 18.9 Å². The van der Waals surface area contributed by atoms with Crippen LogP contribution in [0.25, 0.3) is 0 Å². The highest BCUT2D eigenvalue weighted by molar-refractivity contribution is 7.92. The second-order valence-corrected chi connectivity index (χ2v) is 13.0. The maximum atomic E-state index is 13.6. The molecule has 0 bridgehead atoms. The van der Waals surface area contributed by atoms with E-state index < -0.39 is 26.7 Å². The molecule has 1 atom stereocenters. The monoisotopic (exact) mass is 599 g/mol. The summed E-state index contributed by atoms with van der Waals surface area (Å²) in [6.45, 7) is 0.602. The predicted molar refractivity (Wildman–Crippen MR) is 156 cm³/mol. The molecule has 1 amide bonds. The summed E-state index contributed by atoms with van der Waals surface area (Å²) in [6.07, 6.45) is 2.82. The minimum Gasteiger partial charge on any atom is -0.349 e. The molecule has 2 aliphatic carbocycles. The van der Waals surface area contributed by atoms with Crippen LogP contribution in [0.1, 0.15) is 73.2 Å². The van der Waals surface area contributed by atoms with E-state index in [1.54, 1.807) is 30.3 Å². The number of halogens is 3. The average Bonchev–Trinajstić information content (AvgIpc) is 3.50. The first-order valence-corrected chi connectivity index (χ1v) is 15.9. The summed E-state index contributed by atoms with van der Waals surface area (Å²) in [7, 11) is -4.38. The normalized spacial score (nSPS) is 17.5. The van der Waals surface area contributed by atoms with Gasteiger partial charge in [0.25, 0.3) is 10.0 Å². The van der Waals surface area contributed by atoms with Gasteiger partial charge in [-0.1, -0.05) is 55.3 Å². The Labute approximate surface area is 245 Å². The summed E-state index contributed by atoms with van der Waals surface area (Å²) in [5, 5.41) is 6.72. The van der Waals surface area contributed by atoms with E-state index in [0.717, 1.165) is 53.9 Å². The summed E-state index contributed by atoms with van der Waals surface area (Å²) in [5.41, 5.74) is 2.74. The summed E-state index contributed by atoms with van der Waals surface area (Å²) in [4.78, 5) is 12.6. The van der Waals surface area contributed by atoms with Crippen LogP contribution in [0.5, 0.6) is 0 Å². The molecule has 0 radical (unpaired) electrons. The van der Waals surface area contributed by atoms with Crippen LogP contribution in [0.3, 0.4) is 0 Å². The lowest BCUT2D eigenvalue weighted by Gasteiger charge is -2.28. The highest BCUT2D eigenvalue weighted by Crippen LogP contribution is 2.33. The van der Waals surface area contributed by atoms with Crippen molar-refractivity contribution in [1.29, 1.82) is 0 Å². The number of fused-ring (bicyclic) bond motifs is 1. The molecule has 0 saturated heterocycles. The summed E-state index contributed by atoms with van der Waals surface area (Å²) in [6, 6.07) is 18.6. The van der Waals surface area contributed by atoms with Gasteiger partial charge in [-0.15, -0.1) is 0 Å². The van der Waals surface area contributed by atoms with E-state index >= 15 is 0 Å². The second kappa shape index (κ2) is 12.9. The Bertz CT molecular complexity index is 1490. The molecule has 3 aromatic carbocycles. The molecule has 42 heavy (non-hydrogen) atoms. The number of hydrogen-bond donors (Lipinski definition) is 2. The van der Waals surface area contributed by atoms with E-state index in [1.807, 2.05) is 0 Å². The molecule has 10 heteroatoms. The van der Waals surface area contributed by atoms with Gasteiger partial charge in [0.05, 0.1) is 22.2 Å². The standard InChI is InChI=1S/C32H36F3N3O3S/c33-32(34,35)25-9-7-14-28(21-25)42(40,41)38(27-12-2-1-3-13-27)19-18-31(39)37-30-15-6-8-24-20-23(16-17-29(24)30)22-36-26-10-4-5-11-26/h1-3,7,9,12-14,16-17,20-21,26,30,36H,4-6,8,10-11,15,18-19,22H2,(H,37,39)/t30-/m1/s1. The lowest BCUT2D eigenvalue weighted by atomic mass is 9.86. The molecule has 1 saturated carbocycles. The molecule has 3 aromatic rings. The van der Waals surface area contributed by atoms with E-state index in [2.05, 4.69) is 28.8 Å². The molecule has 1 fully saturated rings. The van der Waals surface area contributed by atoms with Crippen molar-refractivity contribution in [2.24, 2.45) is 0 Å². The number of aryl methyl sites for hydroxylation is 1. The largest absolute Gasteiger partial charge is 0.416 e. The zero-order valence-electron chi connectivity index (χ0n) is 23.4. The van der Waals surface area contributed by atoms with Gasteiger partial charge in [0, 0.05) is 25.6 Å². The van der Waals surface area contributed by atoms with Crippen LogP contribution in [0.2, 0.25) is 0 Å². The van der Waals surface area contributed by atoms with E-state index in [9.17, 15) is 26.4 Å². The summed E-state index contributed by atoms with van der Waals surface area (Å²) in [5.74, 6) is -0.319. The maximum Gasteiger partial charge on any atom is 0.416 e. The van der Waals surface area contributed by atoms with Crippen LogP contribution < -0.4 is 14.9 Å². The van der Waals surface area contributed by atoms with Gasteiger partial charge >= 0.3 is 6.18 Å². The van der Waals surface area contributed by atoms with Crippen molar-refractivity contribution in [3.63, 3.8) is 0 Å². The van der Waals surface area contributed by atoms with E-state index in [-0.39, 0.29) is 30.6 Å². The zero-order chi connectivity index (χ0) is 29.7. The Hall–Kier alpha value is -3.37. The number of rotatable bonds is 10. The summed E-state index contributed by atoms with van der Waals surface area (Å²) >= 11 is 0. The van der Waals surface area contributed by atoms with Gasteiger partial charge in [-0.3, -0.25) is 9.10 Å². The second-order valence-electron chi connectivity index (χ2n) is 11.1. The molecule has 0 aromatic heterocycles. The molecule has 224 valence electrons. The van der Waals surface area contributed by atoms with Gasteiger partial charge in [-0.2, -0.15) is 13.2 Å². The van der Waals surface area contributed by atoms with Crippen molar-refractivity contribution < 1.29 is 26.4 Å². The molecule has 0 aliphatic heterocycles. The topological polar surface area (TPSA) is 78.5 Å². The number of nitrogens with one attached hydrogen (secondary N) is 2. The van der Waals surface area contributed by atoms with Gasteiger partial charge in [0.15, 0.2) is 0 Å². The smallest absolute Gasteiger partial charge is 0.349 e. The van der Waals surface area contributed by atoms with Gasteiger partial charge < -0.3 is 10.6 Å². The fourth-order valence-corrected chi connectivity index (χ4v) is 7.44. The quantitative estimate of drug-likeness (QED) is 0.278. The minimum atomic E-state index is -4.69. The Morgan fingerprint density at radius 1 is 0.905 bits per heavy atom. The fraction of sp³-hybridized carbons (Fsp3) is 0.406. The third kappa shape index (κ3) is 7.15. The molecule has 2 aliphatic rings. The third-order valence-electron chi connectivity index (χ3n) is 8.14. The molecular formula is C32H36F3N3O3S. The zero-order valence-corrected chi connectivity index (χ0v) is 24.2. The van der Waals surface area contributed by atoms with Crippen LogP contribution in [0, 0.1) is 0 Å². The third-order valence-corrected chi connectivity index (χ3v) is 9.97. The molecule has 5 rings (SSSR count). The van der Waals surface area contributed by atoms with Crippen LogP contribution in [-0.4, -0.2) is 26.9 Å². The number of nitrogens with zero attached hydrogens (tertiary/aromatic N) is 1. The van der Waals surface area contributed by atoms with Crippen molar-refractivity contribution in [1.82, 2.24) is 10.6 Å². The van der Waals surface area contributed by atoms with Gasteiger partial charge in [0.1, 0.15) is 0 Å². The first kappa shape index (κ1) is 30.1. The van der Waals surface area contributed by atoms with E-state index in [0.29, 0.717) is 12.1 Å². The number of hydrogen-bond acceptors (Lipinski definition) is 4. The number of alkyl halides is 3. The van der Waals surface area contributed by atoms with E-state index in [1.165, 1.54) is 36.8 Å². The molecule has 0 spiro atoms. The van der Waals surface area contributed by atoms with Crippen molar-refractivity contribution in [3.05, 3.63) is 95.1 Å². The first-order valence-electron chi connectivity index (χ1n) is 14.5.